The number of aliphatic hydroxyl groups is 1. The molecule has 84 valence electrons. The van der Waals surface area contributed by atoms with Crippen LogP contribution in [0, 0.1) is 0 Å². The summed E-state index contributed by atoms with van der Waals surface area (Å²) >= 11 is 0. The summed E-state index contributed by atoms with van der Waals surface area (Å²) in [5.74, 6) is 0. The standard InChI is InChI=1S/C11H23NO2/c13-8-3-1-2-4-9-14-11-6-5-7-12-10-11/h11-13H,1-10H2. The van der Waals surface area contributed by atoms with Crippen molar-refractivity contribution >= 4 is 0 Å². The van der Waals surface area contributed by atoms with Crippen molar-refractivity contribution < 1.29 is 9.84 Å². The van der Waals surface area contributed by atoms with Gasteiger partial charge in [-0.1, -0.05) is 12.8 Å². The van der Waals surface area contributed by atoms with Crippen LogP contribution >= 0.6 is 0 Å². The molecule has 1 aliphatic heterocycles. The van der Waals surface area contributed by atoms with Crippen molar-refractivity contribution in [1.29, 1.82) is 0 Å². The minimum Gasteiger partial charge on any atom is -0.396 e. The fraction of sp³-hybridized carbons (Fsp3) is 1.00. The van der Waals surface area contributed by atoms with Gasteiger partial charge in [0.15, 0.2) is 0 Å². The Morgan fingerprint density at radius 2 is 2.07 bits per heavy atom. The predicted molar refractivity (Wildman–Crippen MR) is 57.4 cm³/mol. The molecule has 0 aromatic carbocycles. The van der Waals surface area contributed by atoms with Gasteiger partial charge < -0.3 is 15.2 Å². The smallest absolute Gasteiger partial charge is 0.0699 e. The van der Waals surface area contributed by atoms with E-state index in [4.69, 9.17) is 9.84 Å². The predicted octanol–water partition coefficient (Wildman–Crippen LogP) is 1.31. The topological polar surface area (TPSA) is 41.5 Å². The van der Waals surface area contributed by atoms with Crippen molar-refractivity contribution in [3.63, 3.8) is 0 Å². The third-order valence-electron chi connectivity index (χ3n) is 2.66. The Morgan fingerprint density at radius 3 is 2.79 bits per heavy atom. The van der Waals surface area contributed by atoms with Crippen LogP contribution in [-0.2, 0) is 4.74 Å². The lowest BCUT2D eigenvalue weighted by Crippen LogP contribution is -2.35. The van der Waals surface area contributed by atoms with E-state index in [0.29, 0.717) is 12.7 Å². The highest BCUT2D eigenvalue weighted by Crippen LogP contribution is 2.07. The molecule has 3 nitrogen and oxygen atoms in total. The van der Waals surface area contributed by atoms with E-state index in [1.807, 2.05) is 0 Å². The molecule has 0 aromatic heterocycles. The summed E-state index contributed by atoms with van der Waals surface area (Å²) in [7, 11) is 0. The van der Waals surface area contributed by atoms with Gasteiger partial charge in [-0.05, 0) is 32.2 Å². The number of piperidine rings is 1. The summed E-state index contributed by atoms with van der Waals surface area (Å²) in [4.78, 5) is 0. The Hall–Kier alpha value is -0.120. The van der Waals surface area contributed by atoms with Gasteiger partial charge in [-0.15, -0.1) is 0 Å². The first-order valence-corrected chi connectivity index (χ1v) is 5.86. The molecule has 0 radical (unpaired) electrons. The lowest BCUT2D eigenvalue weighted by atomic mass is 10.1. The van der Waals surface area contributed by atoms with E-state index in [0.717, 1.165) is 39.0 Å². The lowest BCUT2D eigenvalue weighted by molar-refractivity contribution is 0.0346. The Labute approximate surface area is 86.8 Å². The minimum atomic E-state index is 0.327. The highest BCUT2D eigenvalue weighted by atomic mass is 16.5. The molecular formula is C11H23NO2. The number of unbranched alkanes of at least 4 members (excludes halogenated alkanes) is 3. The van der Waals surface area contributed by atoms with Gasteiger partial charge in [0.2, 0.25) is 0 Å². The summed E-state index contributed by atoms with van der Waals surface area (Å²) in [5, 5.41) is 11.9. The van der Waals surface area contributed by atoms with Gasteiger partial charge in [-0.3, -0.25) is 0 Å². The van der Waals surface area contributed by atoms with Crippen LogP contribution in [-0.4, -0.2) is 37.5 Å². The molecule has 0 amide bonds. The molecule has 1 rings (SSSR count). The van der Waals surface area contributed by atoms with Crippen LogP contribution in [0.1, 0.15) is 38.5 Å². The average Bonchev–Trinajstić information content (AvgIpc) is 2.25. The second kappa shape index (κ2) is 8.21. The minimum absolute atomic E-state index is 0.327. The molecular weight excluding hydrogens is 178 g/mol. The molecule has 1 heterocycles. The third kappa shape index (κ3) is 5.58. The van der Waals surface area contributed by atoms with E-state index in [9.17, 15) is 0 Å². The van der Waals surface area contributed by atoms with Crippen LogP contribution in [0.2, 0.25) is 0 Å². The van der Waals surface area contributed by atoms with Crippen LogP contribution in [0.4, 0.5) is 0 Å². The van der Waals surface area contributed by atoms with E-state index in [2.05, 4.69) is 5.32 Å². The Kier molecular flexibility index (Phi) is 7.01. The maximum absolute atomic E-state index is 8.59. The third-order valence-corrected chi connectivity index (χ3v) is 2.66. The summed E-state index contributed by atoms with van der Waals surface area (Å²) in [6.45, 7) is 3.39. The van der Waals surface area contributed by atoms with Crippen LogP contribution in [0.25, 0.3) is 0 Å². The molecule has 0 bridgehead atoms. The number of hydrogen-bond acceptors (Lipinski definition) is 3. The highest BCUT2D eigenvalue weighted by Gasteiger charge is 2.12. The molecule has 1 unspecified atom stereocenters. The van der Waals surface area contributed by atoms with Gasteiger partial charge in [-0.25, -0.2) is 0 Å². The molecule has 0 spiro atoms. The number of aliphatic hydroxyl groups excluding tert-OH is 1. The molecule has 14 heavy (non-hydrogen) atoms. The Balaban J connectivity index is 1.82. The van der Waals surface area contributed by atoms with Gasteiger partial charge in [0.1, 0.15) is 0 Å². The molecule has 0 saturated carbocycles. The summed E-state index contributed by atoms with van der Waals surface area (Å²) in [6.07, 6.45) is 7.28. The van der Waals surface area contributed by atoms with Crippen molar-refractivity contribution in [1.82, 2.24) is 5.32 Å². The van der Waals surface area contributed by atoms with Gasteiger partial charge in [-0.2, -0.15) is 0 Å². The monoisotopic (exact) mass is 201 g/mol. The lowest BCUT2D eigenvalue weighted by Gasteiger charge is -2.22. The summed E-state index contributed by atoms with van der Waals surface area (Å²) in [5.41, 5.74) is 0. The van der Waals surface area contributed by atoms with Gasteiger partial charge in [0, 0.05) is 19.8 Å². The van der Waals surface area contributed by atoms with E-state index in [-0.39, 0.29) is 0 Å². The van der Waals surface area contributed by atoms with E-state index in [1.54, 1.807) is 0 Å². The van der Waals surface area contributed by atoms with Gasteiger partial charge >= 0.3 is 0 Å². The molecule has 0 aromatic rings. The largest absolute Gasteiger partial charge is 0.396 e. The van der Waals surface area contributed by atoms with Gasteiger partial charge in [0.05, 0.1) is 6.10 Å². The first-order chi connectivity index (χ1) is 6.93. The van der Waals surface area contributed by atoms with Crippen molar-refractivity contribution in [3.8, 4) is 0 Å². The second-order valence-corrected chi connectivity index (χ2v) is 3.98. The molecule has 1 aliphatic rings. The molecule has 0 aliphatic carbocycles. The summed E-state index contributed by atoms with van der Waals surface area (Å²) < 4.78 is 5.74. The molecule has 1 saturated heterocycles. The highest BCUT2D eigenvalue weighted by molar-refractivity contribution is 4.68. The molecule has 1 atom stereocenters. The zero-order chi connectivity index (χ0) is 10.1. The van der Waals surface area contributed by atoms with Crippen molar-refractivity contribution in [2.45, 2.75) is 44.6 Å². The maximum Gasteiger partial charge on any atom is 0.0699 e. The first-order valence-electron chi connectivity index (χ1n) is 5.86. The van der Waals surface area contributed by atoms with Crippen LogP contribution in [0.15, 0.2) is 0 Å². The van der Waals surface area contributed by atoms with Gasteiger partial charge in [0.25, 0.3) is 0 Å². The maximum atomic E-state index is 8.59. The molecule has 3 heteroatoms. The number of hydrogen-bond donors (Lipinski definition) is 2. The van der Waals surface area contributed by atoms with Crippen molar-refractivity contribution in [2.75, 3.05) is 26.3 Å². The molecule has 1 fully saturated rings. The summed E-state index contributed by atoms with van der Waals surface area (Å²) in [6, 6.07) is 0. The second-order valence-electron chi connectivity index (χ2n) is 3.98. The fourth-order valence-corrected chi connectivity index (χ4v) is 1.78. The Bertz CT molecular complexity index is 124. The Morgan fingerprint density at radius 1 is 1.21 bits per heavy atom. The van der Waals surface area contributed by atoms with Crippen LogP contribution in [0.5, 0.6) is 0 Å². The van der Waals surface area contributed by atoms with E-state index < -0.39 is 0 Å². The fourth-order valence-electron chi connectivity index (χ4n) is 1.78. The average molecular weight is 201 g/mol. The zero-order valence-electron chi connectivity index (χ0n) is 9.00. The molecule has 2 N–H and O–H groups in total. The first kappa shape index (κ1) is 12.0. The van der Waals surface area contributed by atoms with Crippen LogP contribution < -0.4 is 5.32 Å². The van der Waals surface area contributed by atoms with E-state index in [1.165, 1.54) is 19.3 Å². The van der Waals surface area contributed by atoms with Crippen molar-refractivity contribution in [2.24, 2.45) is 0 Å². The van der Waals surface area contributed by atoms with Crippen LogP contribution in [0.3, 0.4) is 0 Å². The van der Waals surface area contributed by atoms with E-state index >= 15 is 0 Å². The quantitative estimate of drug-likeness (QED) is 0.610. The zero-order valence-corrected chi connectivity index (χ0v) is 9.00. The SMILES string of the molecule is OCCCCCCOC1CCCNC1. The number of rotatable bonds is 7. The number of nitrogens with one attached hydrogen (secondary N) is 1. The normalized spacial score (nSPS) is 22.5. The van der Waals surface area contributed by atoms with Crippen molar-refractivity contribution in [3.05, 3.63) is 0 Å². The number of ether oxygens (including phenoxy) is 1.